The number of nitro groups is 1. The molecule has 3 heterocycles. The number of non-ortho nitro benzene ring substituents is 1. The highest BCUT2D eigenvalue weighted by atomic mass is 16.6. The predicted molar refractivity (Wildman–Crippen MR) is 127 cm³/mol. The van der Waals surface area contributed by atoms with Crippen LogP contribution in [0.3, 0.4) is 0 Å². The molecule has 2 aromatic carbocycles. The predicted octanol–water partition coefficient (Wildman–Crippen LogP) is 3.02. The number of amides is 4. The number of nitrogens with zero attached hydrogens (tertiary/aromatic N) is 3. The van der Waals surface area contributed by atoms with Crippen molar-refractivity contribution < 1.29 is 24.0 Å². The molecule has 10 nitrogen and oxygen atoms in total. The average Bonchev–Trinajstić information content (AvgIpc) is 2.76. The zero-order chi connectivity index (χ0) is 25.2. The first kappa shape index (κ1) is 23.0. The second-order valence-electron chi connectivity index (χ2n) is 9.71. The van der Waals surface area contributed by atoms with E-state index in [1.807, 2.05) is 38.7 Å². The van der Waals surface area contributed by atoms with Gasteiger partial charge in [-0.1, -0.05) is 6.07 Å². The summed E-state index contributed by atoms with van der Waals surface area (Å²) < 4.78 is 6.08. The normalized spacial score (nSPS) is 28.0. The topological polar surface area (TPSA) is 122 Å². The Hall–Kier alpha value is -3.79. The fraction of sp³-hybridized carbons (Fsp3) is 0.400. The maximum absolute atomic E-state index is 14.3. The molecule has 0 aliphatic carbocycles. The minimum absolute atomic E-state index is 0.0908. The summed E-state index contributed by atoms with van der Waals surface area (Å²) >= 11 is 0. The van der Waals surface area contributed by atoms with Crippen LogP contribution in [-0.2, 0) is 20.7 Å². The standard InChI is InChI=1S/C25H26N4O6/c1-13-7-14(2)9-19(8-13)28-23(31)25(22(30)26-24(28)32)11-17-10-18(29(33)34)5-6-20(17)27-12-15(3)35-16(4)21(25)27/h5-10,15-16,21H,11-12H2,1-4H3,(H,26,30,32)/t15-,16+,21+,25-/m1/s1. The molecule has 1 N–H and O–H groups in total. The molecule has 0 saturated carbocycles. The zero-order valence-corrected chi connectivity index (χ0v) is 19.9. The van der Waals surface area contributed by atoms with Gasteiger partial charge in [0.25, 0.3) is 11.6 Å². The second kappa shape index (κ2) is 7.88. The van der Waals surface area contributed by atoms with Crippen LogP contribution in [-0.4, -0.2) is 47.6 Å². The van der Waals surface area contributed by atoms with E-state index in [0.717, 1.165) is 21.7 Å². The van der Waals surface area contributed by atoms with E-state index < -0.39 is 40.3 Å². The number of urea groups is 1. The fourth-order valence-electron chi connectivity index (χ4n) is 5.94. The zero-order valence-electron chi connectivity index (χ0n) is 19.9. The van der Waals surface area contributed by atoms with Crippen LogP contribution < -0.4 is 15.1 Å². The molecule has 2 fully saturated rings. The smallest absolute Gasteiger partial charge is 0.335 e. The summed E-state index contributed by atoms with van der Waals surface area (Å²) in [6.45, 7) is 7.82. The maximum Gasteiger partial charge on any atom is 0.335 e. The highest BCUT2D eigenvalue weighted by Crippen LogP contribution is 2.49. The van der Waals surface area contributed by atoms with Gasteiger partial charge in [0.1, 0.15) is 0 Å². The Bertz CT molecular complexity index is 1270. The van der Waals surface area contributed by atoms with Crippen LogP contribution in [0.15, 0.2) is 36.4 Å². The van der Waals surface area contributed by atoms with E-state index in [1.54, 1.807) is 18.2 Å². The molecule has 0 radical (unpaired) electrons. The van der Waals surface area contributed by atoms with Gasteiger partial charge in [0, 0.05) is 30.8 Å². The van der Waals surface area contributed by atoms with Gasteiger partial charge in [0.2, 0.25) is 5.91 Å². The van der Waals surface area contributed by atoms with Crippen molar-refractivity contribution in [2.75, 3.05) is 16.3 Å². The first-order valence-electron chi connectivity index (χ1n) is 11.5. The summed E-state index contributed by atoms with van der Waals surface area (Å²) in [5, 5.41) is 13.9. The van der Waals surface area contributed by atoms with E-state index in [4.69, 9.17) is 4.74 Å². The number of hydrogen-bond acceptors (Lipinski definition) is 7. The Morgan fingerprint density at radius 1 is 1.09 bits per heavy atom. The number of hydrogen-bond donors (Lipinski definition) is 1. The van der Waals surface area contributed by atoms with Crippen molar-refractivity contribution in [2.45, 2.75) is 52.4 Å². The summed E-state index contributed by atoms with van der Waals surface area (Å²) in [5.41, 5.74) is 1.48. The van der Waals surface area contributed by atoms with Gasteiger partial charge in [-0.15, -0.1) is 0 Å². The molecule has 0 bridgehead atoms. The average molecular weight is 479 g/mol. The quantitative estimate of drug-likeness (QED) is 0.400. The number of carbonyl (C=O) groups excluding carboxylic acids is 3. The monoisotopic (exact) mass is 478 g/mol. The molecule has 0 aromatic heterocycles. The molecule has 4 amide bonds. The highest BCUT2D eigenvalue weighted by molar-refractivity contribution is 6.30. The number of aryl methyl sites for hydroxylation is 2. The van der Waals surface area contributed by atoms with Crippen molar-refractivity contribution in [1.29, 1.82) is 0 Å². The van der Waals surface area contributed by atoms with Crippen molar-refractivity contribution >= 4 is 34.9 Å². The largest absolute Gasteiger partial charge is 0.372 e. The lowest BCUT2D eigenvalue weighted by Crippen LogP contribution is -2.76. The second-order valence-corrected chi connectivity index (χ2v) is 9.71. The first-order valence-corrected chi connectivity index (χ1v) is 11.5. The van der Waals surface area contributed by atoms with Crippen LogP contribution in [0.2, 0.25) is 0 Å². The van der Waals surface area contributed by atoms with E-state index in [9.17, 15) is 24.5 Å². The third-order valence-corrected chi connectivity index (χ3v) is 7.12. The van der Waals surface area contributed by atoms with Crippen molar-refractivity contribution in [3.8, 4) is 0 Å². The number of carbonyl (C=O) groups is 3. The van der Waals surface area contributed by atoms with E-state index >= 15 is 0 Å². The molecule has 182 valence electrons. The number of morpholine rings is 1. The summed E-state index contributed by atoms with van der Waals surface area (Å²) in [6.07, 6.45) is -0.809. The SMILES string of the molecule is Cc1cc(C)cc(N2C(=O)NC(=O)[C@]3(Cc4cc([N+](=O)[O-])ccc4N4C[C@@H](C)O[C@@H](C)[C@H]43)C2=O)c1. The van der Waals surface area contributed by atoms with Crippen molar-refractivity contribution in [1.82, 2.24) is 5.32 Å². The van der Waals surface area contributed by atoms with Gasteiger partial charge >= 0.3 is 6.03 Å². The van der Waals surface area contributed by atoms with Gasteiger partial charge in [0.15, 0.2) is 5.41 Å². The number of barbiturate groups is 1. The summed E-state index contributed by atoms with van der Waals surface area (Å²) in [4.78, 5) is 54.8. The van der Waals surface area contributed by atoms with Gasteiger partial charge in [0.05, 0.1) is 28.9 Å². The van der Waals surface area contributed by atoms with Gasteiger partial charge in [-0.3, -0.25) is 25.0 Å². The number of ether oxygens (including phenoxy) is 1. The molecule has 3 aliphatic heterocycles. The number of nitrogens with one attached hydrogen (secondary N) is 1. The number of rotatable bonds is 2. The van der Waals surface area contributed by atoms with Crippen LogP contribution >= 0.6 is 0 Å². The molecule has 2 aromatic rings. The molecular formula is C25H26N4O6. The molecule has 3 aliphatic rings. The van der Waals surface area contributed by atoms with Crippen LogP contribution in [0, 0.1) is 29.4 Å². The summed E-state index contributed by atoms with van der Waals surface area (Å²) in [7, 11) is 0. The number of nitro benzene ring substituents is 1. The molecule has 1 spiro atoms. The number of fused-ring (bicyclic) bond motifs is 4. The Labute approximate surface area is 202 Å². The molecule has 35 heavy (non-hydrogen) atoms. The number of benzene rings is 2. The fourth-order valence-corrected chi connectivity index (χ4v) is 5.94. The van der Waals surface area contributed by atoms with Crippen LogP contribution in [0.25, 0.3) is 0 Å². The molecular weight excluding hydrogens is 452 g/mol. The van der Waals surface area contributed by atoms with Gasteiger partial charge in [-0.25, -0.2) is 9.69 Å². The summed E-state index contributed by atoms with van der Waals surface area (Å²) in [6, 6.07) is 8.34. The van der Waals surface area contributed by atoms with E-state index in [1.165, 1.54) is 12.1 Å². The molecule has 2 saturated heterocycles. The molecule has 10 heteroatoms. The minimum Gasteiger partial charge on any atom is -0.372 e. The maximum atomic E-state index is 14.3. The van der Waals surface area contributed by atoms with Crippen LogP contribution in [0.5, 0.6) is 0 Å². The minimum atomic E-state index is -1.71. The molecule has 5 rings (SSSR count). The Balaban J connectivity index is 1.71. The van der Waals surface area contributed by atoms with Crippen LogP contribution in [0.4, 0.5) is 21.9 Å². The van der Waals surface area contributed by atoms with Crippen molar-refractivity contribution in [2.24, 2.45) is 5.41 Å². The number of anilines is 2. The number of imide groups is 2. The third-order valence-electron chi connectivity index (χ3n) is 7.12. The van der Waals surface area contributed by atoms with Crippen molar-refractivity contribution in [3.05, 3.63) is 63.2 Å². The van der Waals surface area contributed by atoms with E-state index in [-0.39, 0.29) is 18.2 Å². The molecule has 4 atom stereocenters. The Morgan fingerprint density at radius 2 is 1.77 bits per heavy atom. The lowest BCUT2D eigenvalue weighted by Gasteiger charge is -2.56. The first-order chi connectivity index (χ1) is 16.5. The third kappa shape index (κ3) is 3.39. The van der Waals surface area contributed by atoms with E-state index in [0.29, 0.717) is 17.8 Å². The van der Waals surface area contributed by atoms with Gasteiger partial charge in [-0.2, -0.15) is 0 Å². The highest BCUT2D eigenvalue weighted by Gasteiger charge is 2.65. The van der Waals surface area contributed by atoms with E-state index in [2.05, 4.69) is 5.32 Å². The Morgan fingerprint density at radius 3 is 2.43 bits per heavy atom. The van der Waals surface area contributed by atoms with Crippen LogP contribution in [0.1, 0.15) is 30.5 Å². The van der Waals surface area contributed by atoms with Crippen molar-refractivity contribution in [3.63, 3.8) is 0 Å². The molecule has 0 unspecified atom stereocenters. The Kier molecular flexibility index (Phi) is 5.17. The van der Waals surface area contributed by atoms with Gasteiger partial charge < -0.3 is 9.64 Å². The summed E-state index contributed by atoms with van der Waals surface area (Å²) in [5.74, 6) is -1.38. The van der Waals surface area contributed by atoms with Gasteiger partial charge in [-0.05, 0) is 62.6 Å². The lowest BCUT2D eigenvalue weighted by molar-refractivity contribution is -0.384. The lowest BCUT2D eigenvalue weighted by atomic mass is 9.66.